The molecule has 2 amide bonds. The number of rotatable bonds is 3. The normalized spacial score (nSPS) is 28.9. The van der Waals surface area contributed by atoms with Crippen LogP contribution in [-0.4, -0.2) is 47.0 Å². The Labute approximate surface area is 191 Å². The SMILES string of the molecule is CCN1C(=O)C2CC=C3C(c4cccc(OC)c4O)C4=C(CC3C2C1=O)C(=O)C=C(C)C4=O. The number of carbonyl (C=O) groups excluding carboxylic acids is 4. The van der Waals surface area contributed by atoms with Crippen LogP contribution in [0.25, 0.3) is 0 Å². The number of Topliss-reactive ketones (excluding diaryl/α,β-unsaturated/α-hetero) is 1. The number of fused-ring (bicyclic) bond motifs is 3. The monoisotopic (exact) mass is 447 g/mol. The Morgan fingerprint density at radius 2 is 1.88 bits per heavy atom. The van der Waals surface area contributed by atoms with Gasteiger partial charge in [0.1, 0.15) is 0 Å². The fourth-order valence-electron chi connectivity index (χ4n) is 6.03. The maximum atomic E-state index is 13.3. The van der Waals surface area contributed by atoms with Crippen molar-refractivity contribution in [1.82, 2.24) is 4.90 Å². The minimum Gasteiger partial charge on any atom is -0.504 e. The summed E-state index contributed by atoms with van der Waals surface area (Å²) in [5.74, 6) is -2.83. The number of likely N-dealkylation sites (tertiary alicyclic amines) is 1. The number of benzene rings is 1. The Bertz CT molecular complexity index is 1220. The smallest absolute Gasteiger partial charge is 0.233 e. The second kappa shape index (κ2) is 7.54. The summed E-state index contributed by atoms with van der Waals surface area (Å²) in [5, 5.41) is 11.0. The summed E-state index contributed by atoms with van der Waals surface area (Å²) in [6.07, 6.45) is 3.90. The van der Waals surface area contributed by atoms with E-state index in [1.54, 1.807) is 32.0 Å². The van der Waals surface area contributed by atoms with Crippen LogP contribution in [-0.2, 0) is 19.2 Å². The van der Waals surface area contributed by atoms with Gasteiger partial charge in [0, 0.05) is 34.7 Å². The van der Waals surface area contributed by atoms with Crippen molar-refractivity contribution in [3.05, 3.63) is 58.2 Å². The minimum absolute atomic E-state index is 0.100. The molecule has 4 atom stereocenters. The van der Waals surface area contributed by atoms with Gasteiger partial charge in [0.25, 0.3) is 0 Å². The quantitative estimate of drug-likeness (QED) is 0.434. The van der Waals surface area contributed by atoms with E-state index in [9.17, 15) is 24.3 Å². The van der Waals surface area contributed by atoms with Crippen molar-refractivity contribution in [2.75, 3.05) is 13.7 Å². The average molecular weight is 447 g/mol. The van der Waals surface area contributed by atoms with Crippen LogP contribution >= 0.6 is 0 Å². The van der Waals surface area contributed by atoms with Crippen LogP contribution in [0.4, 0.5) is 0 Å². The molecule has 0 bridgehead atoms. The largest absolute Gasteiger partial charge is 0.504 e. The molecule has 5 rings (SSSR count). The number of imide groups is 1. The highest BCUT2D eigenvalue weighted by atomic mass is 16.5. The molecule has 1 N–H and O–H groups in total. The molecular formula is C26H25NO6. The molecule has 4 aliphatic rings. The number of phenols is 1. The Morgan fingerprint density at radius 1 is 1.12 bits per heavy atom. The van der Waals surface area contributed by atoms with Crippen molar-refractivity contribution in [2.24, 2.45) is 17.8 Å². The molecule has 0 radical (unpaired) electrons. The first-order chi connectivity index (χ1) is 15.8. The molecule has 170 valence electrons. The molecule has 0 spiro atoms. The van der Waals surface area contributed by atoms with Crippen molar-refractivity contribution in [2.45, 2.75) is 32.6 Å². The van der Waals surface area contributed by atoms with Crippen LogP contribution in [0.1, 0.15) is 38.2 Å². The van der Waals surface area contributed by atoms with Gasteiger partial charge in [0.15, 0.2) is 23.1 Å². The molecule has 1 aliphatic heterocycles. The number of methoxy groups -OCH3 is 1. The molecule has 1 saturated heterocycles. The van der Waals surface area contributed by atoms with Crippen molar-refractivity contribution in [3.8, 4) is 11.5 Å². The number of ketones is 2. The van der Waals surface area contributed by atoms with E-state index < -0.39 is 23.7 Å². The van der Waals surface area contributed by atoms with Gasteiger partial charge in [0.2, 0.25) is 11.8 Å². The Morgan fingerprint density at radius 3 is 2.58 bits per heavy atom. The number of para-hydroxylation sites is 1. The number of ether oxygens (including phenoxy) is 1. The number of hydrogen-bond acceptors (Lipinski definition) is 6. The number of phenolic OH excluding ortho intramolecular Hbond substituents is 1. The summed E-state index contributed by atoms with van der Waals surface area (Å²) in [6.45, 7) is 3.69. The fraction of sp³-hybridized carbons (Fsp3) is 0.385. The zero-order chi connectivity index (χ0) is 23.6. The van der Waals surface area contributed by atoms with Gasteiger partial charge in [-0.1, -0.05) is 23.8 Å². The second-order valence-electron chi connectivity index (χ2n) is 9.05. The molecule has 1 aromatic carbocycles. The number of carbonyl (C=O) groups is 4. The van der Waals surface area contributed by atoms with E-state index in [1.807, 2.05) is 6.08 Å². The van der Waals surface area contributed by atoms with Crippen LogP contribution in [0.5, 0.6) is 11.5 Å². The first kappa shape index (κ1) is 21.4. The lowest BCUT2D eigenvalue weighted by atomic mass is 9.59. The first-order valence-corrected chi connectivity index (χ1v) is 11.2. The van der Waals surface area contributed by atoms with Gasteiger partial charge in [-0.3, -0.25) is 24.1 Å². The van der Waals surface area contributed by atoms with Crippen molar-refractivity contribution >= 4 is 23.4 Å². The van der Waals surface area contributed by atoms with Crippen LogP contribution in [0, 0.1) is 17.8 Å². The summed E-state index contributed by atoms with van der Waals surface area (Å²) in [4.78, 5) is 53.8. The van der Waals surface area contributed by atoms with E-state index >= 15 is 0 Å². The maximum absolute atomic E-state index is 13.3. The number of hydrogen-bond donors (Lipinski definition) is 1. The molecular weight excluding hydrogens is 422 g/mol. The van der Waals surface area contributed by atoms with E-state index in [0.717, 1.165) is 5.57 Å². The number of aromatic hydroxyl groups is 1. The predicted octanol–water partition coefficient (Wildman–Crippen LogP) is 2.85. The molecule has 7 heteroatoms. The van der Waals surface area contributed by atoms with Crippen molar-refractivity contribution < 1.29 is 29.0 Å². The molecule has 1 fully saturated rings. The molecule has 0 saturated carbocycles. The van der Waals surface area contributed by atoms with Gasteiger partial charge < -0.3 is 9.84 Å². The van der Waals surface area contributed by atoms with Gasteiger partial charge in [-0.2, -0.15) is 0 Å². The molecule has 1 aromatic rings. The highest BCUT2D eigenvalue weighted by molar-refractivity contribution is 6.24. The van der Waals surface area contributed by atoms with Gasteiger partial charge in [-0.15, -0.1) is 0 Å². The lowest BCUT2D eigenvalue weighted by Gasteiger charge is -2.42. The molecule has 33 heavy (non-hydrogen) atoms. The summed E-state index contributed by atoms with van der Waals surface area (Å²) < 4.78 is 5.29. The minimum atomic E-state index is -0.687. The van der Waals surface area contributed by atoms with Crippen molar-refractivity contribution in [3.63, 3.8) is 0 Å². The van der Waals surface area contributed by atoms with E-state index in [1.165, 1.54) is 18.1 Å². The van der Waals surface area contributed by atoms with Crippen LogP contribution in [0.3, 0.4) is 0 Å². The fourth-order valence-corrected chi connectivity index (χ4v) is 6.03. The van der Waals surface area contributed by atoms with Crippen LogP contribution in [0.15, 0.2) is 52.6 Å². The molecule has 1 heterocycles. The second-order valence-corrected chi connectivity index (χ2v) is 9.05. The van der Waals surface area contributed by atoms with Crippen LogP contribution < -0.4 is 4.74 Å². The number of nitrogens with zero attached hydrogens (tertiary/aromatic N) is 1. The zero-order valence-corrected chi connectivity index (χ0v) is 18.8. The van der Waals surface area contributed by atoms with Gasteiger partial charge in [-0.25, -0.2) is 0 Å². The average Bonchev–Trinajstić information content (AvgIpc) is 3.06. The molecule has 0 aromatic heterocycles. The third-order valence-electron chi connectivity index (χ3n) is 7.53. The zero-order valence-electron chi connectivity index (χ0n) is 18.8. The number of amides is 2. The molecule has 7 nitrogen and oxygen atoms in total. The third-order valence-corrected chi connectivity index (χ3v) is 7.53. The molecule has 4 unspecified atom stereocenters. The number of allylic oxidation sites excluding steroid dienone is 6. The lowest BCUT2D eigenvalue weighted by molar-refractivity contribution is -0.139. The maximum Gasteiger partial charge on any atom is 0.233 e. The highest BCUT2D eigenvalue weighted by Crippen LogP contribution is 2.56. The summed E-state index contributed by atoms with van der Waals surface area (Å²) >= 11 is 0. The van der Waals surface area contributed by atoms with E-state index in [4.69, 9.17) is 4.74 Å². The van der Waals surface area contributed by atoms with E-state index in [-0.39, 0.29) is 41.3 Å². The van der Waals surface area contributed by atoms with Gasteiger partial charge in [-0.05, 0) is 44.7 Å². The highest BCUT2D eigenvalue weighted by Gasteiger charge is 2.56. The van der Waals surface area contributed by atoms with E-state index in [0.29, 0.717) is 35.2 Å². The standard InChI is InChI=1S/C26H25NO6/c1-4-27-25(31)15-9-8-13-16(21(15)26(27)32)11-17-18(28)10-12(2)23(29)22(17)20(13)14-6-5-7-19(33-3)24(14)30/h5-8,10,15-16,20-21,30H,4,9,11H2,1-3H3. The predicted molar refractivity (Wildman–Crippen MR) is 118 cm³/mol. The van der Waals surface area contributed by atoms with Gasteiger partial charge >= 0.3 is 0 Å². The topological polar surface area (TPSA) is 101 Å². The third kappa shape index (κ3) is 2.88. The van der Waals surface area contributed by atoms with Crippen LogP contribution in [0.2, 0.25) is 0 Å². The van der Waals surface area contributed by atoms with Gasteiger partial charge in [0.05, 0.1) is 18.9 Å². The Hall–Kier alpha value is -3.48. The summed E-state index contributed by atoms with van der Waals surface area (Å²) in [7, 11) is 1.45. The Kier molecular flexibility index (Phi) is 4.88. The summed E-state index contributed by atoms with van der Waals surface area (Å²) in [6, 6.07) is 5.07. The van der Waals surface area contributed by atoms with E-state index in [2.05, 4.69) is 0 Å². The summed E-state index contributed by atoms with van der Waals surface area (Å²) in [5.41, 5.74) is 2.34. The first-order valence-electron chi connectivity index (χ1n) is 11.2. The molecule has 3 aliphatic carbocycles. The van der Waals surface area contributed by atoms with Crippen molar-refractivity contribution in [1.29, 1.82) is 0 Å². The Balaban J connectivity index is 1.73. The lowest BCUT2D eigenvalue weighted by Crippen LogP contribution is -2.39.